The molecule has 0 saturated carbocycles. The predicted molar refractivity (Wildman–Crippen MR) is 128 cm³/mol. The van der Waals surface area contributed by atoms with E-state index in [9.17, 15) is 33.8 Å². The smallest absolute Gasteiger partial charge is 0.256 e. The van der Waals surface area contributed by atoms with Crippen LogP contribution in [0.2, 0.25) is 0 Å². The van der Waals surface area contributed by atoms with Crippen LogP contribution in [0.25, 0.3) is 11.6 Å². The van der Waals surface area contributed by atoms with Crippen LogP contribution >= 0.6 is 0 Å². The quantitative estimate of drug-likeness (QED) is 0.328. The molecule has 0 radical (unpaired) electrons. The second-order valence-corrected chi connectivity index (χ2v) is 8.07. The highest BCUT2D eigenvalue weighted by Gasteiger charge is 2.26. The van der Waals surface area contributed by atoms with Crippen LogP contribution in [0.1, 0.15) is 53.1 Å². The van der Waals surface area contributed by atoms with Gasteiger partial charge in [0.05, 0.1) is 11.1 Å². The molecule has 0 aliphatic carbocycles. The van der Waals surface area contributed by atoms with Crippen LogP contribution in [0.15, 0.2) is 18.2 Å². The number of hydrogen-bond acceptors (Lipinski definition) is 7. The molecule has 0 unspecified atom stereocenters. The Hall–Kier alpha value is -3.99. The van der Waals surface area contributed by atoms with E-state index in [1.165, 1.54) is 12.1 Å². The average Bonchev–Trinajstić information content (AvgIpc) is 3.25. The fourth-order valence-electron chi connectivity index (χ4n) is 3.78. The summed E-state index contributed by atoms with van der Waals surface area (Å²) in [5, 5.41) is 24.3. The van der Waals surface area contributed by atoms with Gasteiger partial charge in [0.2, 0.25) is 0 Å². The summed E-state index contributed by atoms with van der Waals surface area (Å²) in [7, 11) is 0. The van der Waals surface area contributed by atoms with E-state index >= 15 is 0 Å². The van der Waals surface area contributed by atoms with Crippen LogP contribution in [-0.2, 0) is 14.4 Å². The van der Waals surface area contributed by atoms with Gasteiger partial charge < -0.3 is 40.3 Å². The van der Waals surface area contributed by atoms with Crippen molar-refractivity contribution in [1.82, 2.24) is 15.2 Å². The maximum atomic E-state index is 13.7. The number of aromatic amines is 1. The molecule has 1 aliphatic rings. The summed E-state index contributed by atoms with van der Waals surface area (Å²) >= 11 is 0. The molecule has 3 rings (SSSR count). The minimum Gasteiger partial charge on any atom is -0.550 e. The first kappa shape index (κ1) is 28.2. The number of aromatic nitrogens is 1. The Kier molecular flexibility index (Phi) is 9.92. The standard InChI is InChI=1S/C22H27FN4O2.C3H4O4/c1-5-27(6-2)10-9-24-22(29)20-13(3)19(25-14(20)4)12-17-16-11-15(23)7-8-18(16)26-21(17)28;4-2(5)1-3(6)7/h7-8,11-12,25H,5-6,9-10H2,1-4H3,(H,24,29)(H,26,28);1H2,(H,4,5)(H,6,7)/p-2/b17-12-;. The van der Waals surface area contributed by atoms with Crippen LogP contribution < -0.4 is 20.8 Å². The van der Waals surface area contributed by atoms with Crippen molar-refractivity contribution in [1.29, 1.82) is 0 Å². The minimum atomic E-state index is -1.63. The summed E-state index contributed by atoms with van der Waals surface area (Å²) in [6, 6.07) is 4.20. The van der Waals surface area contributed by atoms with E-state index in [0.717, 1.165) is 30.9 Å². The number of halogens is 1. The van der Waals surface area contributed by atoms with Gasteiger partial charge in [0.15, 0.2) is 0 Å². The Morgan fingerprint density at radius 2 is 1.75 bits per heavy atom. The summed E-state index contributed by atoms with van der Waals surface area (Å²) in [6.45, 7) is 11.1. The number of carboxylic acid groups (broad SMARTS) is 2. The number of fused-ring (bicyclic) bond motifs is 1. The van der Waals surface area contributed by atoms with Gasteiger partial charge in [-0.05, 0) is 56.8 Å². The summed E-state index contributed by atoms with van der Waals surface area (Å²) in [6.07, 6.45) is 0.648. The molecule has 1 aliphatic heterocycles. The zero-order valence-electron chi connectivity index (χ0n) is 20.6. The fourth-order valence-corrected chi connectivity index (χ4v) is 3.78. The number of carbonyl (C=O) groups is 4. The highest BCUT2D eigenvalue weighted by Crippen LogP contribution is 2.34. The van der Waals surface area contributed by atoms with Crippen LogP contribution in [0.3, 0.4) is 0 Å². The van der Waals surface area contributed by atoms with Crippen LogP contribution in [0.4, 0.5) is 10.1 Å². The molecule has 2 aromatic rings. The normalized spacial score (nSPS) is 13.2. The van der Waals surface area contributed by atoms with Crippen LogP contribution in [0, 0.1) is 19.7 Å². The molecule has 36 heavy (non-hydrogen) atoms. The van der Waals surface area contributed by atoms with Gasteiger partial charge in [-0.2, -0.15) is 0 Å². The Bertz CT molecular complexity index is 1170. The molecule has 2 amide bonds. The van der Waals surface area contributed by atoms with E-state index < -0.39 is 24.2 Å². The molecule has 11 heteroatoms. The van der Waals surface area contributed by atoms with E-state index in [0.29, 0.717) is 34.6 Å². The molecule has 3 N–H and O–H groups in total. The summed E-state index contributed by atoms with van der Waals surface area (Å²) < 4.78 is 13.7. The van der Waals surface area contributed by atoms with Crippen molar-refractivity contribution in [3.63, 3.8) is 0 Å². The summed E-state index contributed by atoms with van der Waals surface area (Å²) in [5.74, 6) is -4.09. The zero-order valence-corrected chi connectivity index (χ0v) is 20.6. The Labute approximate surface area is 208 Å². The van der Waals surface area contributed by atoms with Crippen LogP contribution in [-0.4, -0.2) is 59.8 Å². The Morgan fingerprint density at radius 1 is 1.11 bits per heavy atom. The van der Waals surface area contributed by atoms with Crippen LogP contribution in [0.5, 0.6) is 0 Å². The molecule has 2 heterocycles. The lowest BCUT2D eigenvalue weighted by Crippen LogP contribution is -2.35. The number of amides is 2. The van der Waals surface area contributed by atoms with Gasteiger partial charge in [-0.25, -0.2) is 4.39 Å². The number of carboxylic acids is 2. The second kappa shape index (κ2) is 12.6. The molecular formula is C25H29FN4O6-2. The van der Waals surface area contributed by atoms with Gasteiger partial charge in [0.25, 0.3) is 11.8 Å². The Morgan fingerprint density at radius 3 is 2.31 bits per heavy atom. The van der Waals surface area contributed by atoms with Gasteiger partial charge in [-0.15, -0.1) is 0 Å². The molecule has 0 spiro atoms. The largest absolute Gasteiger partial charge is 0.550 e. The molecule has 0 saturated heterocycles. The van der Waals surface area contributed by atoms with E-state index in [2.05, 4.69) is 34.4 Å². The molecule has 0 bridgehead atoms. The SMILES string of the molecule is CCN(CC)CCNC(=O)c1c(C)[nH]c(/C=C2\C(=O)Nc3ccc(F)cc32)c1C.O=C([O-])CC(=O)[O-]. The first-order chi connectivity index (χ1) is 17.0. The number of benzene rings is 1. The highest BCUT2D eigenvalue weighted by molar-refractivity contribution is 6.34. The number of aryl methyl sites for hydroxylation is 1. The first-order valence-corrected chi connectivity index (χ1v) is 11.4. The number of likely N-dealkylation sites (N-methyl/N-ethyl adjacent to an activating group) is 1. The second-order valence-electron chi connectivity index (χ2n) is 8.07. The van der Waals surface area contributed by atoms with E-state index in [4.69, 9.17) is 0 Å². The van der Waals surface area contributed by atoms with Crippen molar-refractivity contribution in [3.8, 4) is 0 Å². The molecule has 10 nitrogen and oxygen atoms in total. The van der Waals surface area contributed by atoms with E-state index in [1.807, 2.05) is 13.8 Å². The third-order valence-corrected chi connectivity index (χ3v) is 5.65. The number of nitrogens with zero attached hydrogens (tertiary/aromatic N) is 1. The van der Waals surface area contributed by atoms with E-state index in [-0.39, 0.29) is 11.8 Å². The summed E-state index contributed by atoms with van der Waals surface area (Å²) in [5.41, 5.74) is 4.20. The Balaban J connectivity index is 0.000000572. The average molecular weight is 501 g/mol. The van der Waals surface area contributed by atoms with Gasteiger partial charge >= 0.3 is 0 Å². The van der Waals surface area contributed by atoms with Gasteiger partial charge in [0, 0.05) is 54.1 Å². The number of hydrogen-bond donors (Lipinski definition) is 3. The van der Waals surface area contributed by atoms with Crippen molar-refractivity contribution in [2.45, 2.75) is 34.1 Å². The molecule has 1 aromatic carbocycles. The van der Waals surface area contributed by atoms with Crippen molar-refractivity contribution in [3.05, 3.63) is 52.1 Å². The predicted octanol–water partition coefficient (Wildman–Crippen LogP) is 0.211. The lowest BCUT2D eigenvalue weighted by molar-refractivity contribution is -0.322. The third kappa shape index (κ3) is 7.25. The maximum absolute atomic E-state index is 13.7. The number of aliphatic carboxylic acids is 2. The number of anilines is 1. The number of carbonyl (C=O) groups excluding carboxylic acids is 4. The topological polar surface area (TPSA) is 157 Å². The number of rotatable bonds is 9. The molecule has 0 atom stereocenters. The van der Waals surface area contributed by atoms with Crippen molar-refractivity contribution >= 4 is 41.1 Å². The molecule has 1 aromatic heterocycles. The van der Waals surface area contributed by atoms with E-state index in [1.54, 1.807) is 12.1 Å². The van der Waals surface area contributed by atoms with Crippen molar-refractivity contribution in [2.24, 2.45) is 0 Å². The number of nitrogens with one attached hydrogen (secondary N) is 3. The molecular weight excluding hydrogens is 471 g/mol. The first-order valence-electron chi connectivity index (χ1n) is 11.4. The van der Waals surface area contributed by atoms with Crippen molar-refractivity contribution < 1.29 is 33.8 Å². The third-order valence-electron chi connectivity index (χ3n) is 5.65. The minimum absolute atomic E-state index is 0.143. The molecule has 194 valence electrons. The lowest BCUT2D eigenvalue weighted by Gasteiger charge is -2.18. The van der Waals surface area contributed by atoms with Crippen molar-refractivity contribution in [2.75, 3.05) is 31.5 Å². The lowest BCUT2D eigenvalue weighted by atomic mass is 10.0. The monoisotopic (exact) mass is 500 g/mol. The van der Waals surface area contributed by atoms with Gasteiger partial charge in [0.1, 0.15) is 5.82 Å². The maximum Gasteiger partial charge on any atom is 0.256 e. The summed E-state index contributed by atoms with van der Waals surface area (Å²) in [4.78, 5) is 49.0. The molecule has 0 fully saturated rings. The van der Waals surface area contributed by atoms with Gasteiger partial charge in [-0.1, -0.05) is 13.8 Å². The zero-order chi connectivity index (χ0) is 27.0. The fraction of sp³-hybridized carbons (Fsp3) is 0.360. The highest BCUT2D eigenvalue weighted by atomic mass is 19.1. The van der Waals surface area contributed by atoms with Gasteiger partial charge in [-0.3, -0.25) is 9.59 Å². The number of H-pyrrole nitrogens is 1.